The van der Waals surface area contributed by atoms with Gasteiger partial charge in [0, 0.05) is 10.1 Å². The summed E-state index contributed by atoms with van der Waals surface area (Å²) in [6.45, 7) is 12.6. The zero-order valence-corrected chi connectivity index (χ0v) is 13.2. The molecule has 19 heavy (non-hydrogen) atoms. The second-order valence-corrected chi connectivity index (χ2v) is 7.41. The van der Waals surface area contributed by atoms with E-state index in [1.165, 1.54) is 21.2 Å². The maximum atomic E-state index is 6.29. The van der Waals surface area contributed by atoms with Gasteiger partial charge in [0.1, 0.15) is 11.2 Å². The molecule has 0 atom stereocenters. The smallest absolute Gasteiger partial charge is 0.218 e. The third-order valence-corrected chi connectivity index (χ3v) is 5.21. The number of aryl methyl sites for hydroxylation is 2. The van der Waals surface area contributed by atoms with Crippen LogP contribution in [0, 0.1) is 13.8 Å². The molecule has 0 saturated carbocycles. The fourth-order valence-electron chi connectivity index (χ4n) is 2.44. The third-order valence-electron chi connectivity index (χ3n) is 4.21. The highest BCUT2D eigenvalue weighted by molar-refractivity contribution is 7.21. The predicted molar refractivity (Wildman–Crippen MR) is 80.7 cm³/mol. The van der Waals surface area contributed by atoms with Gasteiger partial charge >= 0.3 is 0 Å². The van der Waals surface area contributed by atoms with Gasteiger partial charge in [0.05, 0.1) is 0 Å². The van der Waals surface area contributed by atoms with Crippen molar-refractivity contribution in [2.45, 2.75) is 52.7 Å². The topological polar surface area (TPSA) is 18.5 Å². The molecule has 102 valence electrons. The number of rotatable bonds is 0. The van der Waals surface area contributed by atoms with Crippen LogP contribution in [0.3, 0.4) is 0 Å². The molecule has 1 aliphatic heterocycles. The van der Waals surface area contributed by atoms with Crippen LogP contribution in [0.2, 0.25) is 0 Å². The first-order valence-electron chi connectivity index (χ1n) is 6.63. The number of hydrogen-bond acceptors (Lipinski definition) is 3. The van der Waals surface area contributed by atoms with Crippen molar-refractivity contribution in [3.05, 3.63) is 23.3 Å². The lowest BCUT2D eigenvalue weighted by molar-refractivity contribution is -0.0951. The molecule has 1 aromatic carbocycles. The average Bonchev–Trinajstić information content (AvgIpc) is 2.53. The Morgan fingerprint density at radius 1 is 0.947 bits per heavy atom. The standard InChI is InChI=1S/C16H20O2S/c1-9-7-10(2)12-11(8-9)19-14-13(12)17-15(3,4)16(5,6)18-14/h7-8H,1-6H3. The Morgan fingerprint density at radius 3 is 2.26 bits per heavy atom. The highest BCUT2D eigenvalue weighted by Gasteiger charge is 2.47. The first kappa shape index (κ1) is 12.8. The van der Waals surface area contributed by atoms with E-state index in [1.807, 2.05) is 0 Å². The van der Waals surface area contributed by atoms with Gasteiger partial charge in [-0.2, -0.15) is 0 Å². The maximum absolute atomic E-state index is 6.29. The van der Waals surface area contributed by atoms with E-state index in [2.05, 4.69) is 53.7 Å². The lowest BCUT2D eigenvalue weighted by Crippen LogP contribution is -2.55. The Hall–Kier alpha value is -1.22. The third kappa shape index (κ3) is 1.75. The fraction of sp³-hybridized carbons (Fsp3) is 0.500. The van der Waals surface area contributed by atoms with E-state index in [0.717, 1.165) is 10.8 Å². The highest BCUT2D eigenvalue weighted by Crippen LogP contribution is 2.53. The largest absolute Gasteiger partial charge is 0.478 e. The van der Waals surface area contributed by atoms with E-state index < -0.39 is 0 Å². The molecule has 0 saturated heterocycles. The summed E-state index contributed by atoms with van der Waals surface area (Å²) in [5.74, 6) is 0.918. The molecule has 0 aliphatic carbocycles. The molecule has 0 amide bonds. The molecule has 0 N–H and O–H groups in total. The summed E-state index contributed by atoms with van der Waals surface area (Å²) in [5, 5.41) is 2.11. The summed E-state index contributed by atoms with van der Waals surface area (Å²) in [7, 11) is 0. The van der Waals surface area contributed by atoms with E-state index in [9.17, 15) is 0 Å². The summed E-state index contributed by atoms with van der Waals surface area (Å²) < 4.78 is 13.7. The van der Waals surface area contributed by atoms with Gasteiger partial charge in [-0.15, -0.1) is 0 Å². The molecule has 2 nitrogen and oxygen atoms in total. The summed E-state index contributed by atoms with van der Waals surface area (Å²) >= 11 is 1.68. The number of hydrogen-bond donors (Lipinski definition) is 0. The van der Waals surface area contributed by atoms with Crippen molar-refractivity contribution in [3.8, 4) is 10.8 Å². The van der Waals surface area contributed by atoms with Gasteiger partial charge in [0.15, 0.2) is 5.75 Å². The van der Waals surface area contributed by atoms with Crippen molar-refractivity contribution < 1.29 is 9.47 Å². The first-order chi connectivity index (χ1) is 8.71. The maximum Gasteiger partial charge on any atom is 0.218 e. The molecule has 2 heterocycles. The van der Waals surface area contributed by atoms with Crippen LogP contribution in [-0.2, 0) is 0 Å². The van der Waals surface area contributed by atoms with Crippen LogP contribution < -0.4 is 9.47 Å². The molecule has 0 radical (unpaired) electrons. The molecule has 1 aromatic heterocycles. The van der Waals surface area contributed by atoms with Crippen LogP contribution in [0.15, 0.2) is 12.1 Å². The van der Waals surface area contributed by atoms with Crippen molar-refractivity contribution in [2.24, 2.45) is 0 Å². The number of fused-ring (bicyclic) bond motifs is 3. The lowest BCUT2D eigenvalue weighted by Gasteiger charge is -2.44. The van der Waals surface area contributed by atoms with Gasteiger partial charge in [0.2, 0.25) is 5.06 Å². The zero-order valence-electron chi connectivity index (χ0n) is 12.4. The Morgan fingerprint density at radius 2 is 1.58 bits per heavy atom. The summed E-state index contributed by atoms with van der Waals surface area (Å²) in [6, 6.07) is 4.41. The number of benzene rings is 1. The lowest BCUT2D eigenvalue weighted by atomic mass is 9.88. The van der Waals surface area contributed by atoms with Crippen LogP contribution in [0.5, 0.6) is 10.8 Å². The molecule has 0 bridgehead atoms. The van der Waals surface area contributed by atoms with Gasteiger partial charge in [-0.1, -0.05) is 17.4 Å². The fourth-order valence-corrected chi connectivity index (χ4v) is 3.73. The van der Waals surface area contributed by atoms with Crippen molar-refractivity contribution in [1.82, 2.24) is 0 Å². The van der Waals surface area contributed by atoms with Crippen molar-refractivity contribution in [2.75, 3.05) is 0 Å². The van der Waals surface area contributed by atoms with E-state index in [1.54, 1.807) is 11.3 Å². The Balaban J connectivity index is 2.28. The van der Waals surface area contributed by atoms with E-state index in [4.69, 9.17) is 9.47 Å². The van der Waals surface area contributed by atoms with Crippen molar-refractivity contribution >= 4 is 21.4 Å². The minimum absolute atomic E-state index is 0.330. The molecular weight excluding hydrogens is 256 g/mol. The molecule has 0 unspecified atom stereocenters. The van der Waals surface area contributed by atoms with Gasteiger partial charge in [-0.3, -0.25) is 0 Å². The SMILES string of the molecule is Cc1cc(C)c2c3c(sc2c1)OC(C)(C)C(C)(C)O3. The Labute approximate surface area is 118 Å². The van der Waals surface area contributed by atoms with Crippen LogP contribution in [0.25, 0.3) is 10.1 Å². The molecule has 3 rings (SSSR count). The highest BCUT2D eigenvalue weighted by atomic mass is 32.1. The van der Waals surface area contributed by atoms with Gasteiger partial charge in [0.25, 0.3) is 0 Å². The first-order valence-corrected chi connectivity index (χ1v) is 7.45. The van der Waals surface area contributed by atoms with Crippen LogP contribution in [0.4, 0.5) is 0 Å². The molecule has 0 fully saturated rings. The van der Waals surface area contributed by atoms with Crippen LogP contribution in [0.1, 0.15) is 38.8 Å². The minimum Gasteiger partial charge on any atom is -0.478 e. The monoisotopic (exact) mass is 276 g/mol. The summed E-state index contributed by atoms with van der Waals surface area (Å²) in [4.78, 5) is 0. The Kier molecular flexibility index (Phi) is 2.47. The van der Waals surface area contributed by atoms with Gasteiger partial charge < -0.3 is 9.47 Å². The minimum atomic E-state index is -0.342. The van der Waals surface area contributed by atoms with Crippen LogP contribution in [-0.4, -0.2) is 11.2 Å². The molecular formula is C16H20O2S. The average molecular weight is 276 g/mol. The van der Waals surface area contributed by atoms with Gasteiger partial charge in [-0.25, -0.2) is 0 Å². The number of thiophene rings is 1. The van der Waals surface area contributed by atoms with E-state index >= 15 is 0 Å². The number of ether oxygens (including phenoxy) is 2. The molecule has 1 aliphatic rings. The van der Waals surface area contributed by atoms with Crippen molar-refractivity contribution in [1.29, 1.82) is 0 Å². The normalized spacial score (nSPS) is 19.7. The van der Waals surface area contributed by atoms with E-state index in [-0.39, 0.29) is 11.2 Å². The zero-order chi connectivity index (χ0) is 14.0. The van der Waals surface area contributed by atoms with Crippen molar-refractivity contribution in [3.63, 3.8) is 0 Å². The molecule has 2 aromatic rings. The summed E-state index contributed by atoms with van der Waals surface area (Å²) in [5.41, 5.74) is 1.86. The Bertz CT molecular complexity index is 665. The molecule has 3 heteroatoms. The quantitative estimate of drug-likeness (QED) is 0.685. The second-order valence-electron chi connectivity index (χ2n) is 6.40. The predicted octanol–water partition coefficient (Wildman–Crippen LogP) is 4.85. The summed E-state index contributed by atoms with van der Waals surface area (Å²) in [6.07, 6.45) is 0. The van der Waals surface area contributed by atoms with Crippen LogP contribution >= 0.6 is 11.3 Å². The molecule has 0 spiro atoms. The second kappa shape index (κ2) is 3.66. The van der Waals surface area contributed by atoms with Gasteiger partial charge in [-0.05, 0) is 58.7 Å². The van der Waals surface area contributed by atoms with E-state index in [0.29, 0.717) is 0 Å².